The number of amides is 1. The van der Waals surface area contributed by atoms with Gasteiger partial charge >= 0.3 is 0 Å². The monoisotopic (exact) mass is 286 g/mol. The molecule has 21 heavy (non-hydrogen) atoms. The number of aromatic amines is 1. The summed E-state index contributed by atoms with van der Waals surface area (Å²) in [6.45, 7) is -0.0729. The molecule has 1 aliphatic carbocycles. The number of hydrogen-bond donors (Lipinski definition) is 3. The van der Waals surface area contributed by atoms with E-state index in [1.807, 2.05) is 6.07 Å². The molecule has 1 aromatic carbocycles. The fraction of sp³-hybridized carbons (Fsp3) is 0.375. The number of nitrogens with one attached hydrogen (secondary N) is 2. The van der Waals surface area contributed by atoms with E-state index in [2.05, 4.69) is 10.3 Å². The maximum Gasteiger partial charge on any atom is 0.268 e. The molecule has 1 fully saturated rings. The lowest BCUT2D eigenvalue weighted by Crippen LogP contribution is -2.49. The Kier molecular flexibility index (Phi) is 3.51. The van der Waals surface area contributed by atoms with Gasteiger partial charge in [-0.1, -0.05) is 31.0 Å². The number of hydrogen-bond acceptors (Lipinski definition) is 3. The molecular weight excluding hydrogens is 268 g/mol. The van der Waals surface area contributed by atoms with E-state index in [1.165, 1.54) is 0 Å². The van der Waals surface area contributed by atoms with Crippen molar-refractivity contribution in [3.8, 4) is 0 Å². The first-order valence-corrected chi connectivity index (χ1v) is 7.19. The van der Waals surface area contributed by atoms with Crippen molar-refractivity contribution in [2.24, 2.45) is 0 Å². The predicted octanol–water partition coefficient (Wildman–Crippen LogP) is 1.56. The Morgan fingerprint density at radius 3 is 2.71 bits per heavy atom. The van der Waals surface area contributed by atoms with Crippen LogP contribution in [0.2, 0.25) is 0 Å². The molecule has 3 N–H and O–H groups in total. The Morgan fingerprint density at radius 1 is 1.29 bits per heavy atom. The third-order valence-electron chi connectivity index (χ3n) is 4.24. The van der Waals surface area contributed by atoms with Crippen LogP contribution in [-0.2, 0) is 0 Å². The van der Waals surface area contributed by atoms with Crippen LogP contribution >= 0.6 is 0 Å². The molecule has 0 atom stereocenters. The zero-order chi connectivity index (χ0) is 14.9. The average Bonchev–Trinajstić information content (AvgIpc) is 2.96. The van der Waals surface area contributed by atoms with Gasteiger partial charge in [0.1, 0.15) is 5.69 Å². The van der Waals surface area contributed by atoms with E-state index in [0.29, 0.717) is 5.39 Å². The van der Waals surface area contributed by atoms with Crippen LogP contribution in [0.3, 0.4) is 0 Å². The highest BCUT2D eigenvalue weighted by atomic mass is 16.3. The Morgan fingerprint density at radius 2 is 2.00 bits per heavy atom. The maximum absolute atomic E-state index is 12.4. The van der Waals surface area contributed by atoms with Crippen molar-refractivity contribution in [1.82, 2.24) is 10.3 Å². The number of fused-ring (bicyclic) bond motifs is 1. The maximum atomic E-state index is 12.4. The van der Waals surface area contributed by atoms with E-state index in [4.69, 9.17) is 0 Å². The van der Waals surface area contributed by atoms with Crippen LogP contribution in [0.25, 0.3) is 10.8 Å². The van der Waals surface area contributed by atoms with E-state index in [0.717, 1.165) is 31.1 Å². The fourth-order valence-corrected chi connectivity index (χ4v) is 3.02. The van der Waals surface area contributed by atoms with Gasteiger partial charge in [-0.25, -0.2) is 0 Å². The Hall–Kier alpha value is -2.14. The molecule has 0 saturated heterocycles. The number of carbonyl (C=O) groups excluding carboxylic acids is 1. The summed E-state index contributed by atoms with van der Waals surface area (Å²) >= 11 is 0. The minimum atomic E-state index is -0.542. The molecule has 110 valence electrons. The number of rotatable bonds is 3. The summed E-state index contributed by atoms with van der Waals surface area (Å²) in [7, 11) is 0. The zero-order valence-electron chi connectivity index (χ0n) is 11.7. The molecule has 1 heterocycles. The number of benzene rings is 1. The summed E-state index contributed by atoms with van der Waals surface area (Å²) in [5, 5.41) is 13.7. The molecular formula is C16H18N2O3. The topological polar surface area (TPSA) is 82.2 Å². The third kappa shape index (κ3) is 2.56. The van der Waals surface area contributed by atoms with E-state index in [1.54, 1.807) is 24.3 Å². The highest BCUT2D eigenvalue weighted by molar-refractivity contribution is 5.96. The summed E-state index contributed by atoms with van der Waals surface area (Å²) in [6.07, 6.45) is 3.53. The van der Waals surface area contributed by atoms with Gasteiger partial charge in [0.15, 0.2) is 0 Å². The van der Waals surface area contributed by atoms with Crippen LogP contribution in [0.15, 0.2) is 35.1 Å². The van der Waals surface area contributed by atoms with Crippen LogP contribution < -0.4 is 10.9 Å². The summed E-state index contributed by atoms with van der Waals surface area (Å²) in [5.74, 6) is -0.339. The predicted molar refractivity (Wildman–Crippen MR) is 80.3 cm³/mol. The number of pyridine rings is 1. The second-order valence-corrected chi connectivity index (χ2v) is 5.70. The second-order valence-electron chi connectivity index (χ2n) is 5.70. The number of aliphatic hydroxyl groups is 1. The molecule has 1 saturated carbocycles. The molecule has 0 aliphatic heterocycles. The summed E-state index contributed by atoms with van der Waals surface area (Å²) in [6, 6.07) is 8.82. The zero-order valence-corrected chi connectivity index (χ0v) is 11.7. The average molecular weight is 286 g/mol. The van der Waals surface area contributed by atoms with E-state index in [9.17, 15) is 14.7 Å². The molecule has 3 rings (SSSR count). The van der Waals surface area contributed by atoms with Crippen molar-refractivity contribution in [3.05, 3.63) is 46.4 Å². The molecule has 0 radical (unpaired) electrons. The first-order chi connectivity index (χ1) is 10.1. The van der Waals surface area contributed by atoms with Crippen molar-refractivity contribution in [2.45, 2.75) is 31.2 Å². The SMILES string of the molecule is O=C(NC1(CO)CCCC1)c1cc2ccccc2c(=O)[nH]1. The number of aromatic nitrogens is 1. The Bertz CT molecular complexity index is 730. The molecule has 5 heteroatoms. The lowest BCUT2D eigenvalue weighted by molar-refractivity contribution is 0.0833. The van der Waals surface area contributed by atoms with E-state index in [-0.39, 0.29) is 23.8 Å². The lowest BCUT2D eigenvalue weighted by atomic mass is 9.98. The van der Waals surface area contributed by atoms with Crippen LogP contribution in [0.5, 0.6) is 0 Å². The largest absolute Gasteiger partial charge is 0.394 e. The van der Waals surface area contributed by atoms with E-state index >= 15 is 0 Å². The van der Waals surface area contributed by atoms with Gasteiger partial charge in [0, 0.05) is 5.39 Å². The molecule has 0 bridgehead atoms. The van der Waals surface area contributed by atoms with Crippen LogP contribution in [-0.4, -0.2) is 28.1 Å². The minimum Gasteiger partial charge on any atom is -0.394 e. The van der Waals surface area contributed by atoms with Crippen molar-refractivity contribution >= 4 is 16.7 Å². The van der Waals surface area contributed by atoms with E-state index < -0.39 is 5.54 Å². The molecule has 5 nitrogen and oxygen atoms in total. The minimum absolute atomic E-state index is 0.0729. The first-order valence-electron chi connectivity index (χ1n) is 7.19. The van der Waals surface area contributed by atoms with Gasteiger partial charge in [-0.2, -0.15) is 0 Å². The summed E-state index contributed by atoms with van der Waals surface area (Å²) in [5.41, 5.74) is -0.583. The normalized spacial score (nSPS) is 17.0. The van der Waals surface area contributed by atoms with Crippen LogP contribution in [0, 0.1) is 0 Å². The Labute approximate surface area is 122 Å². The Balaban J connectivity index is 1.93. The summed E-state index contributed by atoms with van der Waals surface area (Å²) in [4.78, 5) is 27.0. The van der Waals surface area contributed by atoms with Crippen molar-refractivity contribution in [2.75, 3.05) is 6.61 Å². The highest BCUT2D eigenvalue weighted by Gasteiger charge is 2.35. The molecule has 1 amide bonds. The van der Waals surface area contributed by atoms with Gasteiger partial charge in [0.05, 0.1) is 12.1 Å². The lowest BCUT2D eigenvalue weighted by Gasteiger charge is -2.27. The number of aliphatic hydroxyl groups excluding tert-OH is 1. The molecule has 1 aliphatic rings. The molecule has 1 aromatic heterocycles. The van der Waals surface area contributed by atoms with Crippen molar-refractivity contribution in [3.63, 3.8) is 0 Å². The fourth-order valence-electron chi connectivity index (χ4n) is 3.02. The van der Waals surface area contributed by atoms with Gasteiger partial charge < -0.3 is 15.4 Å². The quantitative estimate of drug-likeness (QED) is 0.801. The van der Waals surface area contributed by atoms with Gasteiger partial charge in [-0.3, -0.25) is 9.59 Å². The van der Waals surface area contributed by atoms with Gasteiger partial charge in [-0.05, 0) is 30.4 Å². The number of H-pyrrole nitrogens is 1. The second kappa shape index (κ2) is 5.33. The summed E-state index contributed by atoms with van der Waals surface area (Å²) < 4.78 is 0. The van der Waals surface area contributed by atoms with Crippen molar-refractivity contribution < 1.29 is 9.90 Å². The molecule has 0 unspecified atom stereocenters. The first kappa shape index (κ1) is 13.8. The number of carbonyl (C=O) groups is 1. The van der Waals surface area contributed by atoms with Crippen LogP contribution in [0.4, 0.5) is 0 Å². The van der Waals surface area contributed by atoms with Gasteiger partial charge in [0.2, 0.25) is 0 Å². The van der Waals surface area contributed by atoms with Gasteiger partial charge in [-0.15, -0.1) is 0 Å². The molecule has 2 aromatic rings. The smallest absolute Gasteiger partial charge is 0.268 e. The van der Waals surface area contributed by atoms with Crippen molar-refractivity contribution in [1.29, 1.82) is 0 Å². The third-order valence-corrected chi connectivity index (χ3v) is 4.24. The molecule has 0 spiro atoms. The van der Waals surface area contributed by atoms with Gasteiger partial charge in [0.25, 0.3) is 11.5 Å². The standard InChI is InChI=1S/C16H18N2O3/c19-10-16(7-3-4-8-16)18-15(21)13-9-11-5-1-2-6-12(11)14(20)17-13/h1-2,5-6,9,19H,3-4,7-8,10H2,(H,17,20)(H,18,21). The highest BCUT2D eigenvalue weighted by Crippen LogP contribution is 2.29. The van der Waals surface area contributed by atoms with Crippen LogP contribution in [0.1, 0.15) is 36.2 Å².